The number of ether oxygens (including phenoxy) is 2. The first kappa shape index (κ1) is 18.7. The molecule has 0 aliphatic carbocycles. The highest BCUT2D eigenvalue weighted by atomic mass is 32.1. The molecule has 0 fully saturated rings. The number of thiazole rings is 1. The third-order valence-electron chi connectivity index (χ3n) is 5.26. The molecule has 2 aromatic heterocycles. The molecule has 7 nitrogen and oxygen atoms in total. The lowest BCUT2D eigenvalue weighted by Gasteiger charge is -2.10. The van der Waals surface area contributed by atoms with Crippen LogP contribution in [0.25, 0.3) is 36.7 Å². The quantitative estimate of drug-likeness (QED) is 0.491. The van der Waals surface area contributed by atoms with E-state index in [-0.39, 0.29) is 18.3 Å². The molecule has 150 valence electrons. The Hall–Kier alpha value is -3.35. The largest absolute Gasteiger partial charge is 0.484 e. The summed E-state index contributed by atoms with van der Waals surface area (Å²) in [5, 5.41) is 10.2. The number of halogens is 1. The maximum Gasteiger partial charge on any atom is 0.232 e. The minimum absolute atomic E-state index is 0.174. The number of aliphatic hydroxyl groups excluding tert-OH is 1. The summed E-state index contributed by atoms with van der Waals surface area (Å²) in [4.78, 5) is 17.0. The Morgan fingerprint density at radius 2 is 2.13 bits per heavy atom. The second-order valence-electron chi connectivity index (χ2n) is 6.98. The number of aromatic nitrogens is 3. The third kappa shape index (κ3) is 2.69. The van der Waals surface area contributed by atoms with Gasteiger partial charge in [-0.3, -0.25) is 0 Å². The van der Waals surface area contributed by atoms with Crippen molar-refractivity contribution in [1.82, 2.24) is 15.0 Å². The zero-order chi connectivity index (χ0) is 21.0. The predicted molar refractivity (Wildman–Crippen MR) is 111 cm³/mol. The summed E-state index contributed by atoms with van der Waals surface area (Å²) in [6.07, 6.45) is 1.02. The van der Waals surface area contributed by atoms with Gasteiger partial charge in [0.05, 0.1) is 47.7 Å². The van der Waals surface area contributed by atoms with E-state index in [1.807, 2.05) is 6.92 Å². The average molecular weight is 422 g/mol. The number of hydrogen-bond donors (Lipinski definition) is 1. The fourth-order valence-electron chi connectivity index (χ4n) is 3.74. The van der Waals surface area contributed by atoms with Crippen molar-refractivity contribution in [3.63, 3.8) is 0 Å². The molecule has 0 saturated carbocycles. The highest BCUT2D eigenvalue weighted by Gasteiger charge is 2.36. The number of fused-ring (bicyclic) bond motifs is 4. The van der Waals surface area contributed by atoms with Gasteiger partial charge < -0.3 is 14.6 Å². The number of nitrogens with zero attached hydrogens (tertiary/aromatic N) is 4. The molecule has 0 spiro atoms. The van der Waals surface area contributed by atoms with Crippen molar-refractivity contribution in [3.8, 4) is 22.2 Å². The van der Waals surface area contributed by atoms with Crippen LogP contribution in [-0.2, 0) is 0 Å². The average Bonchev–Trinajstić information content (AvgIpc) is 3.33. The fourth-order valence-corrected chi connectivity index (χ4v) is 4.94. The number of methoxy groups -OCH3 is 1. The minimum atomic E-state index is -0.499. The van der Waals surface area contributed by atoms with Gasteiger partial charge in [-0.25, -0.2) is 24.2 Å². The van der Waals surface area contributed by atoms with Crippen molar-refractivity contribution in [2.45, 2.75) is 18.9 Å². The van der Waals surface area contributed by atoms with Crippen molar-refractivity contribution in [3.05, 3.63) is 47.2 Å². The minimum Gasteiger partial charge on any atom is -0.484 e. The number of benzene rings is 2. The maximum absolute atomic E-state index is 14.7. The Kier molecular flexibility index (Phi) is 4.27. The molecule has 3 heterocycles. The van der Waals surface area contributed by atoms with E-state index >= 15 is 0 Å². The van der Waals surface area contributed by atoms with Crippen LogP contribution in [0, 0.1) is 12.4 Å². The molecule has 1 aliphatic rings. The van der Waals surface area contributed by atoms with Crippen LogP contribution in [0.5, 0.6) is 11.6 Å². The molecule has 30 heavy (non-hydrogen) atoms. The standard InChI is InChI=1S/C21H15FN4O3S/c1-9-15(8-27)29-19-12(22)6-14-20(17(9)19)30-21(26-14)11-4-10(23-2)5-13-18(11)24-7-16(25-13)28-3/h4-7,9,15,27H,8H2,1,3H3/t9-,15-/m1/s1. The van der Waals surface area contributed by atoms with Gasteiger partial charge in [-0.15, -0.1) is 11.3 Å². The van der Waals surface area contributed by atoms with Crippen molar-refractivity contribution in [2.24, 2.45) is 0 Å². The first-order valence-corrected chi connectivity index (χ1v) is 9.98. The van der Waals surface area contributed by atoms with E-state index in [1.165, 1.54) is 30.7 Å². The maximum atomic E-state index is 14.7. The van der Waals surface area contributed by atoms with Crippen LogP contribution in [0.3, 0.4) is 0 Å². The van der Waals surface area contributed by atoms with Gasteiger partial charge in [-0.2, -0.15) is 0 Å². The zero-order valence-electron chi connectivity index (χ0n) is 16.0. The number of rotatable bonds is 3. The van der Waals surface area contributed by atoms with Crippen LogP contribution in [0.4, 0.5) is 10.1 Å². The van der Waals surface area contributed by atoms with Gasteiger partial charge >= 0.3 is 0 Å². The van der Waals surface area contributed by atoms with E-state index in [1.54, 1.807) is 12.1 Å². The van der Waals surface area contributed by atoms with Crippen LogP contribution in [0.15, 0.2) is 24.4 Å². The summed E-state index contributed by atoms with van der Waals surface area (Å²) in [6.45, 7) is 9.12. The first-order chi connectivity index (χ1) is 14.5. The molecular formula is C21H15FN4O3S. The Labute approximate surface area is 174 Å². The van der Waals surface area contributed by atoms with E-state index in [0.29, 0.717) is 44.3 Å². The summed E-state index contributed by atoms with van der Waals surface area (Å²) in [5.74, 6) is -0.150. The van der Waals surface area contributed by atoms with E-state index in [0.717, 1.165) is 4.70 Å². The zero-order valence-corrected chi connectivity index (χ0v) is 16.8. The summed E-state index contributed by atoms with van der Waals surface area (Å²) >= 11 is 1.38. The van der Waals surface area contributed by atoms with Crippen LogP contribution in [0.2, 0.25) is 0 Å². The Balaban J connectivity index is 1.76. The van der Waals surface area contributed by atoms with E-state index in [4.69, 9.17) is 16.0 Å². The Morgan fingerprint density at radius 3 is 2.87 bits per heavy atom. The van der Waals surface area contributed by atoms with E-state index in [2.05, 4.69) is 19.8 Å². The Bertz CT molecular complexity index is 1360. The van der Waals surface area contributed by atoms with Gasteiger partial charge in [0.25, 0.3) is 0 Å². The topological polar surface area (TPSA) is 81.7 Å². The van der Waals surface area contributed by atoms with Crippen molar-refractivity contribution >= 4 is 38.3 Å². The fraction of sp³-hybridized carbons (Fsp3) is 0.238. The van der Waals surface area contributed by atoms with Crippen molar-refractivity contribution < 1.29 is 19.0 Å². The second kappa shape index (κ2) is 6.86. The molecule has 2 aromatic carbocycles. The third-order valence-corrected chi connectivity index (χ3v) is 6.40. The molecule has 0 unspecified atom stereocenters. The smallest absolute Gasteiger partial charge is 0.232 e. The number of hydrogen-bond acceptors (Lipinski definition) is 7. The van der Waals surface area contributed by atoms with Gasteiger partial charge in [0.1, 0.15) is 11.1 Å². The first-order valence-electron chi connectivity index (χ1n) is 9.17. The summed E-state index contributed by atoms with van der Waals surface area (Å²) < 4.78 is 26.2. The van der Waals surface area contributed by atoms with Crippen LogP contribution in [0.1, 0.15) is 18.4 Å². The molecule has 0 bridgehead atoms. The van der Waals surface area contributed by atoms with Crippen molar-refractivity contribution in [1.29, 1.82) is 0 Å². The summed E-state index contributed by atoms with van der Waals surface area (Å²) in [7, 11) is 1.50. The molecule has 4 aromatic rings. The predicted octanol–water partition coefficient (Wildman–Crippen LogP) is 4.46. The molecule has 1 aliphatic heterocycles. The molecule has 0 amide bonds. The van der Waals surface area contributed by atoms with Gasteiger partial charge in [0.2, 0.25) is 5.88 Å². The van der Waals surface area contributed by atoms with E-state index in [9.17, 15) is 9.50 Å². The molecule has 5 rings (SSSR count). The lowest BCUT2D eigenvalue weighted by Crippen LogP contribution is -2.21. The molecule has 1 N–H and O–H groups in total. The second-order valence-corrected chi connectivity index (χ2v) is 7.98. The van der Waals surface area contributed by atoms with Gasteiger partial charge in [0.15, 0.2) is 17.3 Å². The molecule has 0 saturated heterocycles. The van der Waals surface area contributed by atoms with Gasteiger partial charge in [-0.05, 0) is 12.1 Å². The summed E-state index contributed by atoms with van der Waals surface area (Å²) in [5.41, 5.74) is 3.36. The van der Waals surface area contributed by atoms with Gasteiger partial charge in [0, 0.05) is 23.1 Å². The lowest BCUT2D eigenvalue weighted by molar-refractivity contribution is 0.117. The highest BCUT2D eigenvalue weighted by molar-refractivity contribution is 7.22. The van der Waals surface area contributed by atoms with Gasteiger partial charge in [-0.1, -0.05) is 6.92 Å². The number of aliphatic hydroxyl groups is 1. The highest BCUT2D eigenvalue weighted by Crippen LogP contribution is 2.47. The van der Waals surface area contributed by atoms with Crippen molar-refractivity contribution in [2.75, 3.05) is 13.7 Å². The lowest BCUT2D eigenvalue weighted by atomic mass is 9.97. The molecular weight excluding hydrogens is 407 g/mol. The molecule has 2 atom stereocenters. The Morgan fingerprint density at radius 1 is 1.30 bits per heavy atom. The SMILES string of the molecule is [C-]#[N+]c1cc(-c2nc3cc(F)c4c(c3s2)[C@H](C)[C@@H](CO)O4)c2ncc(OC)nc2c1. The van der Waals surface area contributed by atoms with Crippen LogP contribution >= 0.6 is 11.3 Å². The van der Waals surface area contributed by atoms with Crippen LogP contribution in [-0.4, -0.2) is 39.9 Å². The molecule has 9 heteroatoms. The monoisotopic (exact) mass is 422 g/mol. The molecule has 0 radical (unpaired) electrons. The normalized spacial score (nSPS) is 17.7. The summed E-state index contributed by atoms with van der Waals surface area (Å²) in [6, 6.07) is 4.70. The van der Waals surface area contributed by atoms with Crippen LogP contribution < -0.4 is 9.47 Å². The van der Waals surface area contributed by atoms with E-state index < -0.39 is 11.9 Å².